The molecule has 1 amide bonds. The first-order valence-electron chi connectivity index (χ1n) is 6.55. The van der Waals surface area contributed by atoms with Gasteiger partial charge < -0.3 is 21.1 Å². The highest BCUT2D eigenvalue weighted by Gasteiger charge is 2.18. The number of rotatable bonds is 7. The van der Waals surface area contributed by atoms with Crippen LogP contribution in [0.1, 0.15) is 23.7 Å². The zero-order chi connectivity index (χ0) is 16.0. The molecular formula is C13H21N5O2S. The summed E-state index contributed by atoms with van der Waals surface area (Å²) in [5, 5.41) is 13.8. The minimum atomic E-state index is -0.494. The topological polar surface area (TPSA) is 102 Å². The Hall–Kier alpha value is -1.80. The van der Waals surface area contributed by atoms with E-state index in [0.29, 0.717) is 24.5 Å². The van der Waals surface area contributed by atoms with E-state index in [9.17, 15) is 4.79 Å². The number of methoxy groups -OCH3 is 1. The second-order valence-corrected chi connectivity index (χ2v) is 5.09. The molecule has 1 aromatic rings. The molecule has 1 rings (SSSR count). The van der Waals surface area contributed by atoms with Crippen molar-refractivity contribution in [3.05, 3.63) is 16.8 Å². The summed E-state index contributed by atoms with van der Waals surface area (Å²) in [7, 11) is 1.58. The van der Waals surface area contributed by atoms with Gasteiger partial charge in [0.25, 0.3) is 0 Å². The van der Waals surface area contributed by atoms with E-state index >= 15 is 0 Å². The number of hydrogen-bond acceptors (Lipinski definition) is 6. The standard InChI is InChI=1S/C13H21N5O2S/c1-7-8(2)17-18-12(10(7)11(14)21)16-9(3)13(19)15-5-6-20-4/h9H,5-6H2,1-4H3,(H2,14,21)(H,15,19)(H,16,18). The largest absolute Gasteiger partial charge is 0.389 e. The van der Waals surface area contributed by atoms with Gasteiger partial charge in [-0.05, 0) is 26.3 Å². The average Bonchev–Trinajstić information content (AvgIpc) is 2.42. The summed E-state index contributed by atoms with van der Waals surface area (Å²) in [5.74, 6) is 0.251. The highest BCUT2D eigenvalue weighted by molar-refractivity contribution is 7.80. The van der Waals surface area contributed by atoms with Gasteiger partial charge in [-0.25, -0.2) is 0 Å². The van der Waals surface area contributed by atoms with Crippen LogP contribution in [0.2, 0.25) is 0 Å². The van der Waals surface area contributed by atoms with Gasteiger partial charge in [0.1, 0.15) is 11.0 Å². The number of carbonyl (C=O) groups is 1. The molecule has 0 spiro atoms. The molecule has 0 aliphatic carbocycles. The predicted octanol–water partition coefficient (Wildman–Crippen LogP) is 0.291. The molecule has 1 unspecified atom stereocenters. The number of ether oxygens (including phenoxy) is 1. The van der Waals surface area contributed by atoms with Crippen molar-refractivity contribution in [2.24, 2.45) is 5.73 Å². The van der Waals surface area contributed by atoms with Crippen molar-refractivity contribution in [2.75, 3.05) is 25.6 Å². The zero-order valence-corrected chi connectivity index (χ0v) is 13.5. The Morgan fingerprint density at radius 3 is 2.67 bits per heavy atom. The van der Waals surface area contributed by atoms with Gasteiger partial charge >= 0.3 is 0 Å². The SMILES string of the molecule is COCCNC(=O)C(C)Nc1nnc(C)c(C)c1C(N)=S. The van der Waals surface area contributed by atoms with Crippen molar-refractivity contribution >= 4 is 28.9 Å². The monoisotopic (exact) mass is 311 g/mol. The minimum absolute atomic E-state index is 0.166. The maximum absolute atomic E-state index is 11.9. The third-order valence-corrected chi connectivity index (χ3v) is 3.26. The fourth-order valence-electron chi connectivity index (χ4n) is 1.71. The smallest absolute Gasteiger partial charge is 0.242 e. The predicted molar refractivity (Wildman–Crippen MR) is 85.4 cm³/mol. The molecule has 0 radical (unpaired) electrons. The Morgan fingerprint density at radius 2 is 2.10 bits per heavy atom. The second-order valence-electron chi connectivity index (χ2n) is 4.65. The summed E-state index contributed by atoms with van der Waals surface area (Å²) in [4.78, 5) is 12.1. The molecule has 0 bridgehead atoms. The normalized spacial score (nSPS) is 11.8. The fraction of sp³-hybridized carbons (Fsp3) is 0.538. The van der Waals surface area contributed by atoms with Gasteiger partial charge in [-0.3, -0.25) is 4.79 Å². The van der Waals surface area contributed by atoms with Crippen molar-refractivity contribution < 1.29 is 9.53 Å². The summed E-state index contributed by atoms with van der Waals surface area (Å²) < 4.78 is 4.88. The minimum Gasteiger partial charge on any atom is -0.389 e. The molecule has 21 heavy (non-hydrogen) atoms. The van der Waals surface area contributed by atoms with Crippen LogP contribution in [0.4, 0.5) is 5.82 Å². The lowest BCUT2D eigenvalue weighted by atomic mass is 10.1. The van der Waals surface area contributed by atoms with E-state index in [4.69, 9.17) is 22.7 Å². The molecule has 8 heteroatoms. The molecule has 0 saturated heterocycles. The van der Waals surface area contributed by atoms with Crippen LogP contribution in [-0.4, -0.2) is 47.4 Å². The van der Waals surface area contributed by atoms with Crippen LogP contribution in [-0.2, 0) is 9.53 Å². The molecule has 0 fully saturated rings. The fourth-order valence-corrected chi connectivity index (χ4v) is 1.96. The van der Waals surface area contributed by atoms with Gasteiger partial charge in [0.15, 0.2) is 5.82 Å². The summed E-state index contributed by atoms with van der Waals surface area (Å²) in [6.45, 7) is 6.33. The van der Waals surface area contributed by atoms with Crippen LogP contribution in [0.15, 0.2) is 0 Å². The number of nitrogens with zero attached hydrogens (tertiary/aromatic N) is 2. The number of aryl methyl sites for hydroxylation is 1. The molecule has 1 aromatic heterocycles. The highest BCUT2D eigenvalue weighted by atomic mass is 32.1. The van der Waals surface area contributed by atoms with Crippen LogP contribution < -0.4 is 16.4 Å². The number of nitrogens with two attached hydrogens (primary N) is 1. The third-order valence-electron chi connectivity index (χ3n) is 3.05. The van der Waals surface area contributed by atoms with E-state index in [1.165, 1.54) is 0 Å². The lowest BCUT2D eigenvalue weighted by molar-refractivity contribution is -0.121. The first kappa shape index (κ1) is 17.3. The van der Waals surface area contributed by atoms with Crippen LogP contribution in [0.25, 0.3) is 0 Å². The molecule has 0 aliphatic heterocycles. The number of hydrogen-bond donors (Lipinski definition) is 3. The summed E-state index contributed by atoms with van der Waals surface area (Å²) >= 11 is 5.05. The van der Waals surface area contributed by atoms with Gasteiger partial charge in [0, 0.05) is 13.7 Å². The molecule has 0 saturated carbocycles. The molecule has 4 N–H and O–H groups in total. The Balaban J connectivity index is 2.85. The van der Waals surface area contributed by atoms with Gasteiger partial charge in [-0.1, -0.05) is 12.2 Å². The van der Waals surface area contributed by atoms with E-state index in [1.54, 1.807) is 14.0 Å². The lowest BCUT2D eigenvalue weighted by Crippen LogP contribution is -2.39. The molecule has 116 valence electrons. The van der Waals surface area contributed by atoms with Crippen molar-refractivity contribution in [1.82, 2.24) is 15.5 Å². The van der Waals surface area contributed by atoms with E-state index in [2.05, 4.69) is 20.8 Å². The van der Waals surface area contributed by atoms with Gasteiger partial charge in [-0.15, -0.1) is 5.10 Å². The molecule has 0 aromatic carbocycles. The number of thiocarbonyl (C=S) groups is 1. The summed E-state index contributed by atoms with van der Waals surface area (Å²) in [5.41, 5.74) is 7.96. The molecule has 1 heterocycles. The Morgan fingerprint density at radius 1 is 1.43 bits per heavy atom. The quantitative estimate of drug-likeness (QED) is 0.491. The van der Waals surface area contributed by atoms with Crippen molar-refractivity contribution in [2.45, 2.75) is 26.8 Å². The van der Waals surface area contributed by atoms with Gasteiger partial charge in [0.05, 0.1) is 17.9 Å². The van der Waals surface area contributed by atoms with Crippen LogP contribution >= 0.6 is 12.2 Å². The van der Waals surface area contributed by atoms with Crippen LogP contribution in [0.5, 0.6) is 0 Å². The molecule has 7 nitrogen and oxygen atoms in total. The average molecular weight is 311 g/mol. The van der Waals surface area contributed by atoms with Crippen molar-refractivity contribution in [3.63, 3.8) is 0 Å². The van der Waals surface area contributed by atoms with Crippen LogP contribution in [0.3, 0.4) is 0 Å². The van der Waals surface area contributed by atoms with Gasteiger partial charge in [-0.2, -0.15) is 5.10 Å². The van der Waals surface area contributed by atoms with E-state index in [1.807, 2.05) is 13.8 Å². The number of carbonyl (C=O) groups excluding carboxylic acids is 1. The summed E-state index contributed by atoms with van der Waals surface area (Å²) in [6, 6.07) is -0.494. The Bertz CT molecular complexity index is 536. The highest BCUT2D eigenvalue weighted by Crippen LogP contribution is 2.18. The van der Waals surface area contributed by atoms with E-state index < -0.39 is 6.04 Å². The summed E-state index contributed by atoms with van der Waals surface area (Å²) in [6.07, 6.45) is 0. The van der Waals surface area contributed by atoms with E-state index in [-0.39, 0.29) is 10.9 Å². The number of aromatic nitrogens is 2. The Kier molecular flexibility index (Phi) is 6.44. The molecule has 1 atom stereocenters. The maximum atomic E-state index is 11.9. The molecule has 0 aliphatic rings. The lowest BCUT2D eigenvalue weighted by Gasteiger charge is -2.17. The van der Waals surface area contributed by atoms with Gasteiger partial charge in [0.2, 0.25) is 5.91 Å². The first-order chi connectivity index (χ1) is 9.88. The van der Waals surface area contributed by atoms with Crippen LogP contribution in [0, 0.1) is 13.8 Å². The zero-order valence-electron chi connectivity index (χ0n) is 12.7. The Labute approximate surface area is 129 Å². The number of anilines is 1. The number of nitrogens with one attached hydrogen (secondary N) is 2. The number of amides is 1. The van der Waals surface area contributed by atoms with Crippen molar-refractivity contribution in [1.29, 1.82) is 0 Å². The van der Waals surface area contributed by atoms with E-state index in [0.717, 1.165) is 11.3 Å². The first-order valence-corrected chi connectivity index (χ1v) is 6.96. The van der Waals surface area contributed by atoms with Crippen molar-refractivity contribution in [3.8, 4) is 0 Å². The third kappa shape index (κ3) is 4.61. The maximum Gasteiger partial charge on any atom is 0.242 e. The molecular weight excluding hydrogens is 290 g/mol. The second kappa shape index (κ2) is 7.84.